The average molecular weight is 267 g/mol. The Bertz CT molecular complexity index is 447. The van der Waals surface area contributed by atoms with Crippen molar-refractivity contribution in [1.29, 1.82) is 0 Å². The van der Waals surface area contributed by atoms with Crippen molar-refractivity contribution in [1.82, 2.24) is 25.1 Å². The monoisotopic (exact) mass is 267 g/mol. The molecule has 0 aliphatic carbocycles. The maximum atomic E-state index is 11.3. The summed E-state index contributed by atoms with van der Waals surface area (Å²) in [4.78, 5) is 13.5. The predicted octanol–water partition coefficient (Wildman–Crippen LogP) is 0.770. The van der Waals surface area contributed by atoms with Gasteiger partial charge in [0.25, 0.3) is 0 Å². The number of rotatable bonds is 5. The van der Waals surface area contributed by atoms with Gasteiger partial charge < -0.3 is 5.11 Å². The normalized spacial score (nSPS) is 24.5. The van der Waals surface area contributed by atoms with E-state index in [1.54, 1.807) is 4.68 Å². The number of carboxylic acids is 1. The number of carbonyl (C=O) groups is 1. The molecular weight excluding hydrogens is 246 g/mol. The fraction of sp³-hybridized carbons (Fsp3) is 0.833. The molecule has 19 heavy (non-hydrogen) atoms. The highest BCUT2D eigenvalue weighted by molar-refractivity contribution is 5.74. The van der Waals surface area contributed by atoms with Crippen LogP contribution in [0.25, 0.3) is 0 Å². The zero-order valence-corrected chi connectivity index (χ0v) is 11.5. The van der Waals surface area contributed by atoms with Gasteiger partial charge in [0.2, 0.25) is 0 Å². The number of nitrogens with zero attached hydrogens (tertiary/aromatic N) is 5. The van der Waals surface area contributed by atoms with Crippen LogP contribution in [-0.2, 0) is 17.9 Å². The summed E-state index contributed by atoms with van der Waals surface area (Å²) in [5, 5.41) is 21.0. The minimum absolute atomic E-state index is 0.557. The molecular formula is C12H21N5O2. The minimum Gasteiger partial charge on any atom is -0.481 e. The second kappa shape index (κ2) is 5.64. The predicted molar refractivity (Wildman–Crippen MR) is 68.4 cm³/mol. The van der Waals surface area contributed by atoms with Gasteiger partial charge in [-0.2, -0.15) is 0 Å². The Balaban J connectivity index is 2.02. The molecule has 1 aliphatic rings. The lowest BCUT2D eigenvalue weighted by Crippen LogP contribution is -2.45. The summed E-state index contributed by atoms with van der Waals surface area (Å²) in [6.07, 6.45) is 2.61. The Morgan fingerprint density at radius 2 is 2.32 bits per heavy atom. The van der Waals surface area contributed by atoms with Crippen LogP contribution in [0.4, 0.5) is 0 Å². The first-order valence-corrected chi connectivity index (χ1v) is 6.76. The van der Waals surface area contributed by atoms with Crippen LogP contribution in [0.5, 0.6) is 0 Å². The third-order valence-electron chi connectivity index (χ3n) is 3.70. The molecule has 0 radical (unpaired) electrons. The molecule has 0 spiro atoms. The highest BCUT2D eigenvalue weighted by atomic mass is 16.4. The van der Waals surface area contributed by atoms with Crippen molar-refractivity contribution in [2.45, 2.75) is 46.2 Å². The number of carboxylic acid groups (broad SMARTS) is 1. The van der Waals surface area contributed by atoms with Crippen LogP contribution in [0.15, 0.2) is 0 Å². The molecule has 7 nitrogen and oxygen atoms in total. The van der Waals surface area contributed by atoms with Crippen LogP contribution in [0.1, 0.15) is 38.9 Å². The fourth-order valence-corrected chi connectivity index (χ4v) is 2.58. The number of aryl methyl sites for hydroxylation is 1. The standard InChI is InChI=1S/C12H21N5O2/c1-3-6-17-10(13-14-15-17)8-16-7-4-5-12(2,9-16)11(18)19/h3-9H2,1-2H3,(H,18,19). The molecule has 2 rings (SSSR count). The zero-order chi connectivity index (χ0) is 13.9. The third kappa shape index (κ3) is 3.09. The van der Waals surface area contributed by atoms with Crippen LogP contribution in [0.2, 0.25) is 0 Å². The first-order valence-electron chi connectivity index (χ1n) is 6.76. The number of aromatic nitrogens is 4. The lowest BCUT2D eigenvalue weighted by Gasteiger charge is -2.37. The highest BCUT2D eigenvalue weighted by Gasteiger charge is 2.38. The lowest BCUT2D eigenvalue weighted by atomic mass is 9.82. The van der Waals surface area contributed by atoms with Crippen molar-refractivity contribution >= 4 is 5.97 Å². The number of piperidine rings is 1. The van der Waals surface area contributed by atoms with E-state index in [9.17, 15) is 9.90 Å². The molecule has 0 bridgehead atoms. The Morgan fingerprint density at radius 1 is 1.53 bits per heavy atom. The van der Waals surface area contributed by atoms with E-state index in [4.69, 9.17) is 0 Å². The second-order valence-corrected chi connectivity index (χ2v) is 5.50. The number of aliphatic carboxylic acids is 1. The van der Waals surface area contributed by atoms with Gasteiger partial charge in [0.15, 0.2) is 5.82 Å². The maximum absolute atomic E-state index is 11.3. The summed E-state index contributed by atoms with van der Waals surface area (Å²) in [5.41, 5.74) is -0.652. The smallest absolute Gasteiger partial charge is 0.310 e. The van der Waals surface area contributed by atoms with Crippen LogP contribution in [-0.4, -0.2) is 49.3 Å². The summed E-state index contributed by atoms with van der Waals surface area (Å²) in [7, 11) is 0. The van der Waals surface area contributed by atoms with E-state index >= 15 is 0 Å². The molecule has 0 saturated carbocycles. The summed E-state index contributed by atoms with van der Waals surface area (Å²) in [5.74, 6) is 0.0989. The molecule has 7 heteroatoms. The molecule has 1 atom stereocenters. The van der Waals surface area contributed by atoms with E-state index in [1.807, 2.05) is 6.92 Å². The van der Waals surface area contributed by atoms with E-state index in [1.165, 1.54) is 0 Å². The topological polar surface area (TPSA) is 84.1 Å². The first kappa shape index (κ1) is 13.9. The Kier molecular flexibility index (Phi) is 4.14. The van der Waals surface area contributed by atoms with Crippen LogP contribution in [0.3, 0.4) is 0 Å². The molecule has 1 fully saturated rings. The van der Waals surface area contributed by atoms with Crippen LogP contribution < -0.4 is 0 Å². The summed E-state index contributed by atoms with van der Waals surface area (Å²) in [6, 6.07) is 0. The zero-order valence-electron chi connectivity index (χ0n) is 11.5. The number of hydrogen-bond acceptors (Lipinski definition) is 5. The lowest BCUT2D eigenvalue weighted by molar-refractivity contribution is -0.151. The largest absolute Gasteiger partial charge is 0.481 e. The molecule has 2 heterocycles. The van der Waals surface area contributed by atoms with Crippen molar-refractivity contribution in [2.75, 3.05) is 13.1 Å². The van der Waals surface area contributed by atoms with Crippen molar-refractivity contribution in [3.63, 3.8) is 0 Å². The summed E-state index contributed by atoms with van der Waals surface area (Å²) in [6.45, 7) is 6.77. The maximum Gasteiger partial charge on any atom is 0.310 e. The van der Waals surface area contributed by atoms with Crippen molar-refractivity contribution in [3.05, 3.63) is 5.82 Å². The fourth-order valence-electron chi connectivity index (χ4n) is 2.58. The number of hydrogen-bond donors (Lipinski definition) is 1. The Labute approximate surface area is 112 Å². The van der Waals surface area contributed by atoms with Crippen LogP contribution in [0, 0.1) is 5.41 Å². The van der Waals surface area contributed by atoms with Gasteiger partial charge in [-0.15, -0.1) is 5.10 Å². The number of tetrazole rings is 1. The average Bonchev–Trinajstić information content (AvgIpc) is 2.77. The second-order valence-electron chi connectivity index (χ2n) is 5.50. The van der Waals surface area contributed by atoms with Crippen LogP contribution >= 0.6 is 0 Å². The van der Waals surface area contributed by atoms with Gasteiger partial charge in [-0.3, -0.25) is 9.69 Å². The first-order chi connectivity index (χ1) is 9.05. The van der Waals surface area contributed by atoms with Crippen molar-refractivity contribution in [3.8, 4) is 0 Å². The van der Waals surface area contributed by atoms with Crippen molar-refractivity contribution < 1.29 is 9.90 Å². The minimum atomic E-state index is -0.717. The third-order valence-corrected chi connectivity index (χ3v) is 3.70. The molecule has 1 aliphatic heterocycles. The molecule has 0 aromatic carbocycles. The van der Waals surface area contributed by atoms with Gasteiger partial charge >= 0.3 is 5.97 Å². The molecule has 1 saturated heterocycles. The van der Waals surface area contributed by atoms with Gasteiger partial charge in [-0.25, -0.2) is 4.68 Å². The van der Waals surface area contributed by atoms with E-state index in [0.29, 0.717) is 13.1 Å². The summed E-state index contributed by atoms with van der Waals surface area (Å²) >= 11 is 0. The molecule has 1 aromatic heterocycles. The van der Waals surface area contributed by atoms with E-state index in [2.05, 4.69) is 27.3 Å². The molecule has 0 amide bonds. The van der Waals surface area contributed by atoms with E-state index < -0.39 is 11.4 Å². The van der Waals surface area contributed by atoms with Gasteiger partial charge in [-0.05, 0) is 43.2 Å². The Morgan fingerprint density at radius 3 is 3.00 bits per heavy atom. The summed E-state index contributed by atoms with van der Waals surface area (Å²) < 4.78 is 1.80. The SMILES string of the molecule is CCCn1nnnc1CN1CCCC(C)(C(=O)O)C1. The van der Waals surface area contributed by atoms with Gasteiger partial charge in [0.1, 0.15) is 0 Å². The molecule has 1 N–H and O–H groups in total. The molecule has 106 valence electrons. The van der Waals surface area contributed by atoms with E-state index in [0.717, 1.165) is 38.2 Å². The quantitative estimate of drug-likeness (QED) is 0.848. The molecule has 1 aromatic rings. The molecule has 1 unspecified atom stereocenters. The number of likely N-dealkylation sites (tertiary alicyclic amines) is 1. The highest BCUT2D eigenvalue weighted by Crippen LogP contribution is 2.30. The van der Waals surface area contributed by atoms with Gasteiger partial charge in [0.05, 0.1) is 12.0 Å². The van der Waals surface area contributed by atoms with Crippen molar-refractivity contribution in [2.24, 2.45) is 5.41 Å². The van der Waals surface area contributed by atoms with E-state index in [-0.39, 0.29) is 0 Å². The van der Waals surface area contributed by atoms with Gasteiger partial charge in [-0.1, -0.05) is 6.92 Å². The van der Waals surface area contributed by atoms with Gasteiger partial charge in [0, 0.05) is 13.1 Å². The Hall–Kier alpha value is -1.50.